The van der Waals surface area contributed by atoms with Gasteiger partial charge in [0.25, 0.3) is 0 Å². The maximum Gasteiger partial charge on any atom is 0.240 e. The van der Waals surface area contributed by atoms with E-state index in [1.165, 1.54) is 12.1 Å². The van der Waals surface area contributed by atoms with E-state index in [-0.39, 0.29) is 11.4 Å². The molecule has 6 nitrogen and oxygen atoms in total. The number of halogens is 1. The summed E-state index contributed by atoms with van der Waals surface area (Å²) in [5, 5.41) is 4.33. The molecule has 21 heavy (non-hydrogen) atoms. The lowest BCUT2D eigenvalue weighted by Crippen LogP contribution is -2.26. The van der Waals surface area contributed by atoms with Crippen LogP contribution < -0.4 is 10.5 Å². The Morgan fingerprint density at radius 1 is 1.43 bits per heavy atom. The number of nitrogens with zero attached hydrogens (tertiary/aromatic N) is 2. The monoisotopic (exact) mass is 328 g/mol. The van der Waals surface area contributed by atoms with Crippen molar-refractivity contribution in [3.8, 4) is 0 Å². The third kappa shape index (κ3) is 3.75. The first-order chi connectivity index (χ1) is 9.79. The van der Waals surface area contributed by atoms with Gasteiger partial charge in [0.2, 0.25) is 10.0 Å². The van der Waals surface area contributed by atoms with Crippen LogP contribution >= 0.6 is 11.6 Å². The topological polar surface area (TPSA) is 90.0 Å². The van der Waals surface area contributed by atoms with E-state index in [0.29, 0.717) is 22.7 Å². The summed E-state index contributed by atoms with van der Waals surface area (Å²) >= 11 is 5.88. The average molecular weight is 329 g/mol. The molecule has 0 unspecified atom stereocenters. The Kier molecular flexibility index (Phi) is 4.55. The molecule has 3 N–H and O–H groups in total. The van der Waals surface area contributed by atoms with Crippen molar-refractivity contribution in [1.29, 1.82) is 0 Å². The Balaban J connectivity index is 2.12. The number of aryl methyl sites for hydroxylation is 1. The van der Waals surface area contributed by atoms with E-state index in [0.717, 1.165) is 5.56 Å². The summed E-state index contributed by atoms with van der Waals surface area (Å²) < 4.78 is 28.8. The lowest BCUT2D eigenvalue weighted by atomic mass is 10.2. The number of hydrogen-bond acceptors (Lipinski definition) is 4. The minimum Gasteiger partial charge on any atom is -0.398 e. The number of hydrogen-bond donors (Lipinski definition) is 2. The predicted octanol–water partition coefficient (Wildman–Crippen LogP) is 1.49. The van der Waals surface area contributed by atoms with Crippen LogP contribution in [0.3, 0.4) is 0 Å². The SMILES string of the molecule is Cc1c(N)cc(Cl)cc1S(=O)(=O)NCCc1cnn(C)c1. The van der Waals surface area contributed by atoms with Crippen molar-refractivity contribution in [2.75, 3.05) is 12.3 Å². The summed E-state index contributed by atoms with van der Waals surface area (Å²) in [5.74, 6) is 0. The molecule has 1 aromatic heterocycles. The normalized spacial score (nSPS) is 11.8. The smallest absolute Gasteiger partial charge is 0.240 e. The minimum absolute atomic E-state index is 0.110. The van der Waals surface area contributed by atoms with Crippen LogP contribution in [0, 0.1) is 6.92 Å². The second-order valence-corrected chi connectivity index (χ2v) is 6.96. The standard InChI is InChI=1S/C13H17ClN4O2S/c1-9-12(15)5-11(14)6-13(9)21(19,20)17-4-3-10-7-16-18(2)8-10/h5-8,17H,3-4,15H2,1-2H3. The van der Waals surface area contributed by atoms with Crippen molar-refractivity contribution in [1.82, 2.24) is 14.5 Å². The summed E-state index contributed by atoms with van der Waals surface area (Å²) in [5.41, 5.74) is 7.56. The fraction of sp³-hybridized carbons (Fsp3) is 0.308. The number of benzene rings is 1. The summed E-state index contributed by atoms with van der Waals surface area (Å²) in [4.78, 5) is 0.110. The van der Waals surface area contributed by atoms with Gasteiger partial charge in [-0.3, -0.25) is 4.68 Å². The van der Waals surface area contributed by atoms with Gasteiger partial charge in [-0.2, -0.15) is 5.10 Å². The molecule has 0 aliphatic heterocycles. The van der Waals surface area contributed by atoms with Crippen molar-refractivity contribution in [2.45, 2.75) is 18.2 Å². The first-order valence-electron chi connectivity index (χ1n) is 6.32. The van der Waals surface area contributed by atoms with Crippen molar-refractivity contribution in [3.63, 3.8) is 0 Å². The molecular formula is C13H17ClN4O2S. The lowest BCUT2D eigenvalue weighted by molar-refractivity contribution is 0.581. The summed E-state index contributed by atoms with van der Waals surface area (Å²) in [6.07, 6.45) is 4.11. The zero-order valence-corrected chi connectivity index (χ0v) is 13.4. The van der Waals surface area contributed by atoms with Gasteiger partial charge < -0.3 is 5.73 Å². The molecule has 2 rings (SSSR count). The first kappa shape index (κ1) is 15.8. The Bertz CT molecular complexity index is 756. The highest BCUT2D eigenvalue weighted by atomic mass is 35.5. The average Bonchev–Trinajstić information content (AvgIpc) is 2.79. The van der Waals surface area contributed by atoms with Gasteiger partial charge in [-0.1, -0.05) is 11.6 Å². The number of nitrogens with one attached hydrogen (secondary N) is 1. The number of aromatic nitrogens is 2. The van der Waals surface area contributed by atoms with Crippen molar-refractivity contribution < 1.29 is 8.42 Å². The van der Waals surface area contributed by atoms with Gasteiger partial charge in [0.1, 0.15) is 0 Å². The maximum atomic E-state index is 12.3. The molecule has 0 saturated heterocycles. The van der Waals surface area contributed by atoms with Crippen LogP contribution in [0.1, 0.15) is 11.1 Å². The Morgan fingerprint density at radius 3 is 2.76 bits per heavy atom. The fourth-order valence-electron chi connectivity index (χ4n) is 1.96. The van der Waals surface area contributed by atoms with Gasteiger partial charge in [0.15, 0.2) is 0 Å². The van der Waals surface area contributed by atoms with Crippen molar-refractivity contribution in [2.24, 2.45) is 7.05 Å². The van der Waals surface area contributed by atoms with Crippen LogP contribution in [-0.4, -0.2) is 24.7 Å². The zero-order valence-electron chi connectivity index (χ0n) is 11.8. The predicted molar refractivity (Wildman–Crippen MR) is 82.7 cm³/mol. The van der Waals surface area contributed by atoms with Gasteiger partial charge in [-0.05, 0) is 36.6 Å². The fourth-order valence-corrected chi connectivity index (χ4v) is 3.58. The molecule has 0 saturated carbocycles. The maximum absolute atomic E-state index is 12.3. The van der Waals surface area contributed by atoms with Crippen LogP contribution in [-0.2, 0) is 23.5 Å². The molecule has 1 aromatic carbocycles. The molecule has 0 radical (unpaired) electrons. The van der Waals surface area contributed by atoms with Gasteiger partial charge in [0, 0.05) is 30.5 Å². The summed E-state index contributed by atoms with van der Waals surface area (Å²) in [7, 11) is -1.83. The second kappa shape index (κ2) is 6.05. The molecule has 0 amide bonds. The molecule has 0 fully saturated rings. The molecular weight excluding hydrogens is 312 g/mol. The summed E-state index contributed by atoms with van der Waals surface area (Å²) in [6, 6.07) is 2.94. The van der Waals surface area contributed by atoms with Gasteiger partial charge in [-0.15, -0.1) is 0 Å². The molecule has 114 valence electrons. The van der Waals surface area contributed by atoms with Gasteiger partial charge in [0.05, 0.1) is 11.1 Å². The highest BCUT2D eigenvalue weighted by Crippen LogP contribution is 2.25. The Morgan fingerprint density at radius 2 is 2.14 bits per heavy atom. The van der Waals surface area contributed by atoms with Crippen LogP contribution in [0.2, 0.25) is 5.02 Å². The molecule has 0 aliphatic rings. The molecule has 0 aliphatic carbocycles. The number of nitrogens with two attached hydrogens (primary N) is 1. The molecule has 2 aromatic rings. The molecule has 0 atom stereocenters. The van der Waals surface area contributed by atoms with Crippen molar-refractivity contribution >= 4 is 27.3 Å². The third-order valence-corrected chi connectivity index (χ3v) is 4.92. The van der Waals surface area contributed by atoms with Crippen LogP contribution in [0.5, 0.6) is 0 Å². The van der Waals surface area contributed by atoms with Crippen LogP contribution in [0.4, 0.5) is 5.69 Å². The lowest BCUT2D eigenvalue weighted by Gasteiger charge is -2.11. The summed E-state index contributed by atoms with van der Waals surface area (Å²) in [6.45, 7) is 1.93. The first-order valence-corrected chi connectivity index (χ1v) is 8.18. The van der Waals surface area contributed by atoms with E-state index in [9.17, 15) is 8.42 Å². The molecule has 0 spiro atoms. The second-order valence-electron chi connectivity index (χ2n) is 4.79. The van der Waals surface area contributed by atoms with Gasteiger partial charge >= 0.3 is 0 Å². The number of sulfonamides is 1. The third-order valence-electron chi connectivity index (χ3n) is 3.12. The van der Waals surface area contributed by atoms with E-state index < -0.39 is 10.0 Å². The molecule has 1 heterocycles. The Labute approximate surface area is 129 Å². The van der Waals surface area contributed by atoms with Crippen LogP contribution in [0.25, 0.3) is 0 Å². The highest BCUT2D eigenvalue weighted by Gasteiger charge is 2.18. The van der Waals surface area contributed by atoms with E-state index >= 15 is 0 Å². The van der Waals surface area contributed by atoms with Crippen LogP contribution in [0.15, 0.2) is 29.4 Å². The number of nitrogen functional groups attached to an aromatic ring is 1. The molecule has 0 bridgehead atoms. The largest absolute Gasteiger partial charge is 0.398 e. The van der Waals surface area contributed by atoms with E-state index in [4.69, 9.17) is 17.3 Å². The number of anilines is 1. The number of rotatable bonds is 5. The van der Waals surface area contributed by atoms with Crippen molar-refractivity contribution in [3.05, 3.63) is 40.7 Å². The Hall–Kier alpha value is -1.57. The van der Waals surface area contributed by atoms with E-state index in [1.54, 1.807) is 17.8 Å². The molecule has 8 heteroatoms. The van der Waals surface area contributed by atoms with Gasteiger partial charge in [-0.25, -0.2) is 13.1 Å². The van der Waals surface area contributed by atoms with E-state index in [2.05, 4.69) is 9.82 Å². The quantitative estimate of drug-likeness (QED) is 0.814. The highest BCUT2D eigenvalue weighted by molar-refractivity contribution is 7.89. The van der Waals surface area contributed by atoms with E-state index in [1.807, 2.05) is 13.2 Å². The minimum atomic E-state index is -3.64. The zero-order chi connectivity index (χ0) is 15.6.